The van der Waals surface area contributed by atoms with E-state index >= 15 is 0 Å². The van der Waals surface area contributed by atoms with Crippen molar-refractivity contribution in [3.63, 3.8) is 0 Å². The van der Waals surface area contributed by atoms with E-state index in [2.05, 4.69) is 86.3 Å². The van der Waals surface area contributed by atoms with Gasteiger partial charge in [0.1, 0.15) is 5.75 Å². The molecular weight excluding hydrogens is 320 g/mol. The van der Waals surface area contributed by atoms with Crippen LogP contribution in [0, 0.1) is 0 Å². The fourth-order valence-corrected chi connectivity index (χ4v) is 3.48. The molecule has 3 rings (SSSR count). The van der Waals surface area contributed by atoms with Gasteiger partial charge in [-0.15, -0.1) is 0 Å². The van der Waals surface area contributed by atoms with Crippen molar-refractivity contribution in [2.24, 2.45) is 0 Å². The average molecular weight is 348 g/mol. The molecule has 0 N–H and O–H groups in total. The van der Waals surface area contributed by atoms with Crippen LogP contribution in [0.5, 0.6) is 5.75 Å². The van der Waals surface area contributed by atoms with Crippen LogP contribution in [-0.2, 0) is 0 Å². The van der Waals surface area contributed by atoms with Crippen molar-refractivity contribution in [2.75, 3.05) is 44.1 Å². The van der Waals surface area contributed by atoms with Gasteiger partial charge in [-0.1, -0.05) is 18.2 Å². The van der Waals surface area contributed by atoms with Gasteiger partial charge >= 0.3 is 0 Å². The van der Waals surface area contributed by atoms with Crippen molar-refractivity contribution in [1.29, 1.82) is 0 Å². The molecule has 3 heteroatoms. The molecule has 0 heterocycles. The fourth-order valence-electron chi connectivity index (χ4n) is 3.48. The van der Waals surface area contributed by atoms with Crippen molar-refractivity contribution >= 4 is 22.1 Å². The van der Waals surface area contributed by atoms with Gasteiger partial charge in [0.15, 0.2) is 0 Å². The third-order valence-corrected chi connectivity index (χ3v) is 4.98. The van der Waals surface area contributed by atoms with Gasteiger partial charge < -0.3 is 14.5 Å². The molecule has 3 nitrogen and oxygen atoms in total. The summed E-state index contributed by atoms with van der Waals surface area (Å²) in [5.74, 6) is 0.891. The second kappa shape index (κ2) is 7.69. The average Bonchev–Trinajstić information content (AvgIpc) is 2.68. The first-order valence-corrected chi connectivity index (χ1v) is 9.22. The van der Waals surface area contributed by atoms with E-state index < -0.39 is 0 Å². The molecule has 0 aliphatic rings. The Kier molecular flexibility index (Phi) is 5.36. The Bertz CT molecular complexity index is 881. The van der Waals surface area contributed by atoms with Gasteiger partial charge in [0.25, 0.3) is 0 Å². The van der Waals surface area contributed by atoms with E-state index in [1.807, 2.05) is 6.07 Å². The summed E-state index contributed by atoms with van der Waals surface area (Å²) in [4.78, 5) is 4.54. The molecule has 0 fully saturated rings. The van der Waals surface area contributed by atoms with Gasteiger partial charge in [-0.2, -0.15) is 0 Å². The molecule has 0 aliphatic carbocycles. The molecule has 26 heavy (non-hydrogen) atoms. The molecule has 0 aliphatic heterocycles. The van der Waals surface area contributed by atoms with Crippen molar-refractivity contribution in [3.05, 3.63) is 54.6 Å². The Morgan fingerprint density at radius 2 is 1.54 bits per heavy atom. The summed E-state index contributed by atoms with van der Waals surface area (Å²) < 4.78 is 5.41. The molecule has 0 atom stereocenters. The van der Waals surface area contributed by atoms with Crippen molar-refractivity contribution < 1.29 is 4.74 Å². The summed E-state index contributed by atoms with van der Waals surface area (Å²) in [5, 5.41) is 2.46. The molecule has 0 spiro atoms. The maximum absolute atomic E-state index is 5.41. The number of benzene rings is 3. The molecule has 0 radical (unpaired) electrons. The Hall–Kier alpha value is -2.68. The molecule has 136 valence electrons. The maximum atomic E-state index is 5.41. The first kappa shape index (κ1) is 18.1. The number of hydrogen-bond donors (Lipinski definition) is 0. The van der Waals surface area contributed by atoms with Crippen LogP contribution < -0.4 is 14.5 Å². The Labute approximate surface area is 156 Å². The van der Waals surface area contributed by atoms with Crippen LogP contribution in [0.3, 0.4) is 0 Å². The number of rotatable bonds is 6. The molecule has 3 aromatic carbocycles. The summed E-state index contributed by atoms with van der Waals surface area (Å²) >= 11 is 0. The van der Waals surface area contributed by atoms with Gasteiger partial charge in [-0.05, 0) is 66.6 Å². The molecule has 0 aromatic heterocycles. The third-order valence-electron chi connectivity index (χ3n) is 4.98. The van der Waals surface area contributed by atoms with E-state index in [1.165, 1.54) is 33.3 Å². The first-order chi connectivity index (χ1) is 12.6. The Morgan fingerprint density at radius 1 is 0.846 bits per heavy atom. The second-order valence-corrected chi connectivity index (χ2v) is 6.66. The number of anilines is 2. The lowest BCUT2D eigenvalue weighted by molar-refractivity contribution is 0.415. The van der Waals surface area contributed by atoms with Crippen molar-refractivity contribution in [3.8, 4) is 16.9 Å². The largest absolute Gasteiger partial charge is 0.497 e. The Balaban J connectivity index is 2.25. The highest BCUT2D eigenvalue weighted by atomic mass is 16.5. The quantitative estimate of drug-likeness (QED) is 0.591. The highest BCUT2D eigenvalue weighted by molar-refractivity contribution is 6.03. The monoisotopic (exact) mass is 348 g/mol. The number of hydrogen-bond acceptors (Lipinski definition) is 3. The number of fused-ring (bicyclic) bond motifs is 1. The zero-order valence-electron chi connectivity index (χ0n) is 16.4. The fraction of sp³-hybridized carbons (Fsp3) is 0.304. The molecule has 0 saturated carbocycles. The lowest BCUT2D eigenvalue weighted by atomic mass is 9.95. The smallest absolute Gasteiger partial charge is 0.119 e. The van der Waals surface area contributed by atoms with Crippen LogP contribution in [0.15, 0.2) is 54.6 Å². The third kappa shape index (κ3) is 3.34. The lowest BCUT2D eigenvalue weighted by Crippen LogP contribution is -2.22. The number of methoxy groups -OCH3 is 1. The van der Waals surface area contributed by atoms with Gasteiger partial charge in [0.05, 0.1) is 7.11 Å². The molecule has 0 bridgehead atoms. The summed E-state index contributed by atoms with van der Waals surface area (Å²) in [6, 6.07) is 19.6. The standard InChI is InChI=1S/C23H28N2O/c1-6-25(7-2)22-15-10-18-16-20(26-5)13-14-21(18)23(22)17-8-11-19(12-9-17)24(3)4/h8-16H,6-7H2,1-5H3. The van der Waals surface area contributed by atoms with Crippen LogP contribution in [0.2, 0.25) is 0 Å². The van der Waals surface area contributed by atoms with E-state index in [-0.39, 0.29) is 0 Å². The van der Waals surface area contributed by atoms with Gasteiger partial charge in [0.2, 0.25) is 0 Å². The molecular formula is C23H28N2O. The minimum absolute atomic E-state index is 0.891. The predicted octanol–water partition coefficient (Wildman–Crippen LogP) is 5.43. The first-order valence-electron chi connectivity index (χ1n) is 9.22. The second-order valence-electron chi connectivity index (χ2n) is 6.66. The SMILES string of the molecule is CCN(CC)c1ccc2cc(OC)ccc2c1-c1ccc(N(C)C)cc1. The van der Waals surface area contributed by atoms with E-state index in [0.29, 0.717) is 0 Å². The van der Waals surface area contributed by atoms with Crippen molar-refractivity contribution in [1.82, 2.24) is 0 Å². The van der Waals surface area contributed by atoms with Crippen LogP contribution >= 0.6 is 0 Å². The number of nitrogens with zero attached hydrogens (tertiary/aromatic N) is 2. The van der Waals surface area contributed by atoms with Gasteiger partial charge in [-0.3, -0.25) is 0 Å². The van der Waals surface area contributed by atoms with Crippen LogP contribution in [-0.4, -0.2) is 34.3 Å². The minimum atomic E-state index is 0.891. The van der Waals surface area contributed by atoms with Gasteiger partial charge in [0, 0.05) is 44.1 Å². The highest BCUT2D eigenvalue weighted by Gasteiger charge is 2.14. The molecule has 0 amide bonds. The van der Waals surface area contributed by atoms with Gasteiger partial charge in [-0.25, -0.2) is 0 Å². The van der Waals surface area contributed by atoms with E-state index in [0.717, 1.165) is 18.8 Å². The van der Waals surface area contributed by atoms with Crippen LogP contribution in [0.25, 0.3) is 21.9 Å². The predicted molar refractivity (Wildman–Crippen MR) is 114 cm³/mol. The lowest BCUT2D eigenvalue weighted by Gasteiger charge is -2.26. The highest BCUT2D eigenvalue weighted by Crippen LogP contribution is 2.39. The summed E-state index contributed by atoms with van der Waals surface area (Å²) in [6.07, 6.45) is 0. The number of ether oxygens (including phenoxy) is 1. The topological polar surface area (TPSA) is 15.7 Å². The normalized spacial score (nSPS) is 10.8. The summed E-state index contributed by atoms with van der Waals surface area (Å²) in [6.45, 7) is 6.39. The van der Waals surface area contributed by atoms with E-state index in [1.54, 1.807) is 7.11 Å². The molecule has 0 saturated heterocycles. The van der Waals surface area contributed by atoms with Crippen LogP contribution in [0.4, 0.5) is 11.4 Å². The molecule has 3 aromatic rings. The zero-order chi connectivity index (χ0) is 18.7. The van der Waals surface area contributed by atoms with Crippen LogP contribution in [0.1, 0.15) is 13.8 Å². The van der Waals surface area contributed by atoms with E-state index in [9.17, 15) is 0 Å². The minimum Gasteiger partial charge on any atom is -0.497 e. The summed E-state index contributed by atoms with van der Waals surface area (Å²) in [7, 11) is 5.85. The van der Waals surface area contributed by atoms with E-state index in [4.69, 9.17) is 4.74 Å². The molecule has 0 unspecified atom stereocenters. The Morgan fingerprint density at radius 3 is 2.12 bits per heavy atom. The zero-order valence-corrected chi connectivity index (χ0v) is 16.4. The van der Waals surface area contributed by atoms with Crippen molar-refractivity contribution in [2.45, 2.75) is 13.8 Å². The maximum Gasteiger partial charge on any atom is 0.119 e. The summed E-state index contributed by atoms with van der Waals surface area (Å²) in [5.41, 5.74) is 5.03.